The van der Waals surface area contributed by atoms with E-state index in [9.17, 15) is 9.18 Å². The third kappa shape index (κ3) is 3.23. The number of hydrogen-bond donors (Lipinski definition) is 0. The Morgan fingerprint density at radius 2 is 2.21 bits per heavy atom. The summed E-state index contributed by atoms with van der Waals surface area (Å²) in [6, 6.07) is 6.07. The first-order chi connectivity index (χ1) is 9.09. The lowest BCUT2D eigenvalue weighted by Crippen LogP contribution is -2.52. The van der Waals surface area contributed by atoms with Gasteiger partial charge in [-0.3, -0.25) is 4.79 Å². The topological polar surface area (TPSA) is 38.8 Å². The van der Waals surface area contributed by atoms with Crippen LogP contribution in [-0.4, -0.2) is 42.7 Å². The standard InChI is InChI=1S/C14H18FNO3/c1-10-11(2)18-8-7-16(10)14(17)9-19-13-6-4-3-5-12(13)15/h3-6,10-11H,7-9H2,1-2H3. The fraction of sp³-hybridized carbons (Fsp3) is 0.500. The molecule has 2 rings (SSSR count). The number of halogens is 1. The fourth-order valence-electron chi connectivity index (χ4n) is 2.07. The molecule has 0 saturated carbocycles. The van der Waals surface area contributed by atoms with E-state index in [0.717, 1.165) is 0 Å². The number of hydrogen-bond acceptors (Lipinski definition) is 3. The first-order valence-corrected chi connectivity index (χ1v) is 6.38. The number of morpholine rings is 1. The van der Waals surface area contributed by atoms with Crippen LogP contribution in [0.2, 0.25) is 0 Å². The number of amides is 1. The molecular weight excluding hydrogens is 249 g/mol. The number of carbonyl (C=O) groups is 1. The van der Waals surface area contributed by atoms with Crippen molar-refractivity contribution in [3.63, 3.8) is 0 Å². The van der Waals surface area contributed by atoms with Crippen LogP contribution < -0.4 is 4.74 Å². The number of nitrogens with zero attached hydrogens (tertiary/aromatic N) is 1. The summed E-state index contributed by atoms with van der Waals surface area (Å²) in [5.74, 6) is -0.505. The van der Waals surface area contributed by atoms with Gasteiger partial charge in [0.2, 0.25) is 0 Å². The molecule has 1 saturated heterocycles. The Morgan fingerprint density at radius 1 is 1.47 bits per heavy atom. The summed E-state index contributed by atoms with van der Waals surface area (Å²) in [5, 5.41) is 0. The molecule has 4 nitrogen and oxygen atoms in total. The molecule has 2 unspecified atom stereocenters. The average Bonchev–Trinajstić information content (AvgIpc) is 2.40. The lowest BCUT2D eigenvalue weighted by atomic mass is 10.1. The third-order valence-corrected chi connectivity index (χ3v) is 3.39. The van der Waals surface area contributed by atoms with Gasteiger partial charge in [-0.2, -0.15) is 0 Å². The molecule has 0 radical (unpaired) electrons. The molecule has 1 aliphatic rings. The van der Waals surface area contributed by atoms with Gasteiger partial charge in [0.25, 0.3) is 5.91 Å². The fourth-order valence-corrected chi connectivity index (χ4v) is 2.07. The highest BCUT2D eigenvalue weighted by Crippen LogP contribution is 2.17. The Labute approximate surface area is 112 Å². The maximum Gasteiger partial charge on any atom is 0.260 e. The van der Waals surface area contributed by atoms with Crippen molar-refractivity contribution in [3.05, 3.63) is 30.1 Å². The maximum atomic E-state index is 13.4. The second-order valence-corrected chi connectivity index (χ2v) is 4.62. The molecule has 1 amide bonds. The van der Waals surface area contributed by atoms with Crippen LogP contribution in [0.3, 0.4) is 0 Å². The predicted molar refractivity (Wildman–Crippen MR) is 68.5 cm³/mol. The number of carbonyl (C=O) groups excluding carboxylic acids is 1. The summed E-state index contributed by atoms with van der Waals surface area (Å²) in [6.45, 7) is 4.78. The molecular formula is C14H18FNO3. The minimum absolute atomic E-state index is 0.00507. The van der Waals surface area contributed by atoms with E-state index in [-0.39, 0.29) is 30.4 Å². The molecule has 0 aliphatic carbocycles. The molecule has 0 spiro atoms. The molecule has 0 aromatic heterocycles. The van der Waals surface area contributed by atoms with Gasteiger partial charge < -0.3 is 14.4 Å². The van der Waals surface area contributed by atoms with Crippen molar-refractivity contribution < 1.29 is 18.7 Å². The van der Waals surface area contributed by atoms with Crippen molar-refractivity contribution >= 4 is 5.91 Å². The molecule has 1 aromatic carbocycles. The zero-order valence-corrected chi connectivity index (χ0v) is 11.1. The van der Waals surface area contributed by atoms with Gasteiger partial charge in [-0.05, 0) is 26.0 Å². The van der Waals surface area contributed by atoms with E-state index in [1.165, 1.54) is 12.1 Å². The Bertz CT molecular complexity index is 452. The second kappa shape index (κ2) is 6.02. The van der Waals surface area contributed by atoms with Gasteiger partial charge in [-0.1, -0.05) is 12.1 Å². The van der Waals surface area contributed by atoms with E-state index in [2.05, 4.69) is 0 Å². The summed E-state index contributed by atoms with van der Waals surface area (Å²) in [4.78, 5) is 13.8. The van der Waals surface area contributed by atoms with Gasteiger partial charge in [0.05, 0.1) is 18.8 Å². The van der Waals surface area contributed by atoms with Gasteiger partial charge in [0.15, 0.2) is 18.2 Å². The van der Waals surface area contributed by atoms with E-state index in [0.29, 0.717) is 13.2 Å². The highest BCUT2D eigenvalue weighted by atomic mass is 19.1. The zero-order valence-electron chi connectivity index (χ0n) is 11.1. The van der Waals surface area contributed by atoms with Gasteiger partial charge >= 0.3 is 0 Å². The molecule has 5 heteroatoms. The van der Waals surface area contributed by atoms with Crippen molar-refractivity contribution in [2.24, 2.45) is 0 Å². The lowest BCUT2D eigenvalue weighted by Gasteiger charge is -2.37. The third-order valence-electron chi connectivity index (χ3n) is 3.39. The quantitative estimate of drug-likeness (QED) is 0.839. The molecule has 1 heterocycles. The van der Waals surface area contributed by atoms with E-state index in [4.69, 9.17) is 9.47 Å². The smallest absolute Gasteiger partial charge is 0.260 e. The van der Waals surface area contributed by atoms with Crippen LogP contribution in [0.5, 0.6) is 5.75 Å². The minimum Gasteiger partial charge on any atom is -0.481 e. The monoisotopic (exact) mass is 267 g/mol. The van der Waals surface area contributed by atoms with Crippen LogP contribution in [-0.2, 0) is 9.53 Å². The average molecular weight is 267 g/mol. The first kappa shape index (κ1) is 13.8. The van der Waals surface area contributed by atoms with Gasteiger partial charge in [-0.25, -0.2) is 4.39 Å². The van der Waals surface area contributed by atoms with E-state index >= 15 is 0 Å². The van der Waals surface area contributed by atoms with E-state index in [1.807, 2.05) is 13.8 Å². The summed E-state index contributed by atoms with van der Waals surface area (Å²) >= 11 is 0. The first-order valence-electron chi connectivity index (χ1n) is 6.38. The number of para-hydroxylation sites is 1. The maximum absolute atomic E-state index is 13.4. The van der Waals surface area contributed by atoms with Crippen molar-refractivity contribution in [2.45, 2.75) is 26.0 Å². The highest BCUT2D eigenvalue weighted by Gasteiger charge is 2.29. The van der Waals surface area contributed by atoms with Gasteiger partial charge in [0, 0.05) is 6.54 Å². The molecule has 19 heavy (non-hydrogen) atoms. The number of rotatable bonds is 3. The van der Waals surface area contributed by atoms with Crippen LogP contribution in [0.4, 0.5) is 4.39 Å². The minimum atomic E-state index is -0.460. The van der Waals surface area contributed by atoms with Crippen molar-refractivity contribution in [2.75, 3.05) is 19.8 Å². The van der Waals surface area contributed by atoms with E-state index in [1.54, 1.807) is 17.0 Å². The molecule has 1 aromatic rings. The van der Waals surface area contributed by atoms with Crippen molar-refractivity contribution in [3.8, 4) is 5.75 Å². The summed E-state index contributed by atoms with van der Waals surface area (Å²) in [5.41, 5.74) is 0. The summed E-state index contributed by atoms with van der Waals surface area (Å²) in [7, 11) is 0. The predicted octanol–water partition coefficient (Wildman–Crippen LogP) is 1.84. The Hall–Kier alpha value is -1.62. The largest absolute Gasteiger partial charge is 0.481 e. The molecule has 1 fully saturated rings. The van der Waals surface area contributed by atoms with E-state index < -0.39 is 5.82 Å². The SMILES string of the molecule is CC1OCCN(C(=O)COc2ccccc2F)C1C. The highest BCUT2D eigenvalue weighted by molar-refractivity contribution is 5.78. The second-order valence-electron chi connectivity index (χ2n) is 4.62. The zero-order chi connectivity index (χ0) is 13.8. The molecule has 2 atom stereocenters. The molecule has 104 valence electrons. The van der Waals surface area contributed by atoms with Crippen LogP contribution in [0, 0.1) is 5.82 Å². The van der Waals surface area contributed by atoms with Crippen LogP contribution >= 0.6 is 0 Å². The Balaban J connectivity index is 1.92. The van der Waals surface area contributed by atoms with Gasteiger partial charge in [-0.15, -0.1) is 0 Å². The lowest BCUT2D eigenvalue weighted by molar-refractivity contribution is -0.146. The number of ether oxygens (including phenoxy) is 2. The molecule has 1 aliphatic heterocycles. The normalized spacial score (nSPS) is 23.2. The summed E-state index contributed by atoms with van der Waals surface area (Å²) in [6.07, 6.45) is 0.00570. The van der Waals surface area contributed by atoms with Crippen molar-refractivity contribution in [1.82, 2.24) is 4.90 Å². The molecule has 0 N–H and O–H groups in total. The Morgan fingerprint density at radius 3 is 2.95 bits per heavy atom. The Kier molecular flexibility index (Phi) is 4.37. The van der Waals surface area contributed by atoms with Crippen LogP contribution in [0.15, 0.2) is 24.3 Å². The van der Waals surface area contributed by atoms with Crippen LogP contribution in [0.25, 0.3) is 0 Å². The summed E-state index contributed by atoms with van der Waals surface area (Å²) < 4.78 is 24.0. The van der Waals surface area contributed by atoms with Crippen molar-refractivity contribution in [1.29, 1.82) is 0 Å². The van der Waals surface area contributed by atoms with Crippen LogP contribution in [0.1, 0.15) is 13.8 Å². The van der Waals surface area contributed by atoms with Gasteiger partial charge in [0.1, 0.15) is 0 Å². The molecule has 0 bridgehead atoms. The number of benzene rings is 1.